The second-order valence-corrected chi connectivity index (χ2v) is 1.90. The van der Waals surface area contributed by atoms with Crippen molar-refractivity contribution in [1.29, 1.82) is 1.43 Å². The zero-order valence-electron chi connectivity index (χ0n) is 10.7. The quantitative estimate of drug-likeness (QED) is 0.721. The monoisotopic (exact) mass is 155 g/mol. The average Bonchev–Trinajstić information content (AvgIpc) is 2.28. The summed E-state index contributed by atoms with van der Waals surface area (Å²) in [7, 11) is 0. The lowest BCUT2D eigenvalue weighted by molar-refractivity contribution is -0.136. The van der Waals surface area contributed by atoms with Crippen LogP contribution < -0.4 is 0 Å². The molecule has 0 saturated carbocycles. The Morgan fingerprint density at radius 2 is 2.27 bits per heavy atom. The summed E-state index contributed by atoms with van der Waals surface area (Å²) in [6.45, 7) is 0. The molecule has 11 heavy (non-hydrogen) atoms. The van der Waals surface area contributed by atoms with Gasteiger partial charge in [0, 0.05) is 11.9 Å². The van der Waals surface area contributed by atoms with Gasteiger partial charge in [0.1, 0.15) is 0 Å². The van der Waals surface area contributed by atoms with Gasteiger partial charge in [0.2, 0.25) is 0 Å². The first-order valence-corrected chi connectivity index (χ1v) is 3.07. The second-order valence-electron chi connectivity index (χ2n) is 1.90. The molecule has 0 unspecified atom stereocenters. The molecule has 0 atom stereocenters. The van der Waals surface area contributed by atoms with Gasteiger partial charge in [-0.05, 0) is 11.9 Å². The van der Waals surface area contributed by atoms with E-state index in [1.54, 1.807) is 6.07 Å². The van der Waals surface area contributed by atoms with E-state index in [0.717, 1.165) is 0 Å². The van der Waals surface area contributed by atoms with Gasteiger partial charge >= 0.3 is 5.97 Å². The molecule has 0 bridgehead atoms. The highest BCUT2D eigenvalue weighted by atomic mass is 16.4. The van der Waals surface area contributed by atoms with Gasteiger partial charge in [0.05, 0.1) is 0 Å². The van der Waals surface area contributed by atoms with E-state index in [0.29, 0.717) is 0 Å². The lowest BCUT2D eigenvalue weighted by Gasteiger charge is -1.95. The summed E-state index contributed by atoms with van der Waals surface area (Å²) >= 11 is 0. The largest absolute Gasteiger partial charge is 0.481 e. The van der Waals surface area contributed by atoms with Crippen molar-refractivity contribution in [2.24, 2.45) is 0 Å². The number of carbonyl (C=O) groups is 1. The molecule has 2 nitrogen and oxygen atoms in total. The summed E-state index contributed by atoms with van der Waals surface area (Å²) in [6.07, 6.45) is -5.46. The molecule has 1 aromatic rings. The topological polar surface area (TPSA) is 37.3 Å². The van der Waals surface area contributed by atoms with Crippen LogP contribution in [0.15, 0.2) is 30.3 Å². The second kappa shape index (κ2) is 3.76. The van der Waals surface area contributed by atoms with Crippen LogP contribution >= 0.6 is 0 Å². The number of hydrogen-bond acceptors (Lipinski definition) is 2. The molecule has 0 spiro atoms. The van der Waals surface area contributed by atoms with Crippen LogP contribution in [0.1, 0.15) is 17.4 Å². The van der Waals surface area contributed by atoms with Crippen molar-refractivity contribution in [3.63, 3.8) is 0 Å². The molecule has 2 heteroatoms. The number of carboxylic acids is 1. The van der Waals surface area contributed by atoms with Crippen LogP contribution in [0.2, 0.25) is 0 Å². The van der Waals surface area contributed by atoms with Gasteiger partial charge in [-0.25, -0.2) is 0 Å². The first kappa shape index (κ1) is 3.39. The lowest BCUT2D eigenvalue weighted by Crippen LogP contribution is -1.96. The van der Waals surface area contributed by atoms with Gasteiger partial charge < -0.3 is 5.11 Å². The van der Waals surface area contributed by atoms with E-state index in [-0.39, 0.29) is 5.56 Å². The van der Waals surface area contributed by atoms with Crippen molar-refractivity contribution >= 4 is 5.97 Å². The number of carboxylic acid groups (broad SMARTS) is 1. The zero-order valence-corrected chi connectivity index (χ0v) is 5.70. The smallest absolute Gasteiger partial charge is 0.303 e. The molecule has 1 rings (SSSR count). The molecule has 0 aliphatic carbocycles. The van der Waals surface area contributed by atoms with Gasteiger partial charge in [-0.15, -0.1) is 0 Å². The summed E-state index contributed by atoms with van der Waals surface area (Å²) in [6, 6.07) is 7.46. The lowest BCUT2D eigenvalue weighted by atomic mass is 10.1. The maximum absolute atomic E-state index is 11.0. The Morgan fingerprint density at radius 3 is 2.91 bits per heavy atom. The van der Waals surface area contributed by atoms with E-state index < -0.39 is 18.7 Å². The predicted octanol–water partition coefficient (Wildman–Crippen LogP) is 1.70. The van der Waals surface area contributed by atoms with Crippen LogP contribution in [0.4, 0.5) is 0 Å². The van der Waals surface area contributed by atoms with Crippen LogP contribution in [0.3, 0.4) is 0 Å². The Bertz CT molecular complexity index is 377. The molecule has 0 aliphatic heterocycles. The van der Waals surface area contributed by atoms with E-state index in [1.165, 1.54) is 24.3 Å². The maximum atomic E-state index is 11.0. The van der Waals surface area contributed by atoms with Gasteiger partial charge in [-0.3, -0.25) is 4.79 Å². The minimum atomic E-state index is -2.91. The van der Waals surface area contributed by atoms with Gasteiger partial charge in [-0.2, -0.15) is 0 Å². The Labute approximate surface area is 72.6 Å². The van der Waals surface area contributed by atoms with E-state index >= 15 is 0 Å². The standard InChI is InChI=1S/C9H10O2/c10-9(11)7-6-8-4-2-1-3-5-8/h1-5H,6-7H2,(H,10,11)/i6D2,7D2/hD. The Balaban J connectivity index is 3.16. The van der Waals surface area contributed by atoms with Crippen LogP contribution in [0.5, 0.6) is 0 Å². The van der Waals surface area contributed by atoms with Crippen molar-refractivity contribution in [3.05, 3.63) is 35.9 Å². The van der Waals surface area contributed by atoms with Gasteiger partial charge in [0.15, 0.2) is 0 Å². The average molecular weight is 155 g/mol. The molecule has 0 heterocycles. The highest BCUT2D eigenvalue weighted by Crippen LogP contribution is 2.01. The van der Waals surface area contributed by atoms with E-state index in [1.807, 2.05) is 0 Å². The van der Waals surface area contributed by atoms with Crippen LogP contribution in [0, 0.1) is 0 Å². The molecule has 0 radical (unpaired) electrons. The van der Waals surface area contributed by atoms with E-state index in [2.05, 4.69) is 5.11 Å². The van der Waals surface area contributed by atoms with Crippen molar-refractivity contribution in [3.8, 4) is 0 Å². The predicted molar refractivity (Wildman–Crippen MR) is 42.4 cm³/mol. The first-order valence-electron chi connectivity index (χ1n) is 5.48. The van der Waals surface area contributed by atoms with Crippen molar-refractivity contribution < 1.29 is 15.4 Å². The molecule has 1 N–H and O–H groups in total. The zero-order chi connectivity index (χ0) is 12.4. The first-order chi connectivity index (χ1) is 7.34. The molecular formula is C9H10O2. The minimum Gasteiger partial charge on any atom is -0.481 e. The fraction of sp³-hybridized carbons (Fsp3) is 0.222. The van der Waals surface area contributed by atoms with Crippen molar-refractivity contribution in [1.82, 2.24) is 0 Å². The van der Waals surface area contributed by atoms with Crippen molar-refractivity contribution in [2.75, 3.05) is 0 Å². The summed E-state index contributed by atoms with van der Waals surface area (Å²) in [5, 5.41) is 3.52. The van der Waals surface area contributed by atoms with E-state index in [4.69, 9.17) is 6.91 Å². The number of rotatable bonds is 3. The summed E-state index contributed by atoms with van der Waals surface area (Å²) in [5.41, 5.74) is 0.0189. The molecule has 0 fully saturated rings. The number of aryl methyl sites for hydroxylation is 1. The molecule has 0 aromatic heterocycles. The molecular weight excluding hydrogens is 140 g/mol. The molecule has 58 valence electrons. The SMILES string of the molecule is [2H]OC(=O)C([2H])([2H])C([2H])([2H])c1ccccc1. The van der Waals surface area contributed by atoms with Gasteiger partial charge in [0.25, 0.3) is 1.43 Å². The third-order valence-electron chi connectivity index (χ3n) is 1.08. The Hall–Kier alpha value is -1.31. The summed E-state index contributed by atoms with van der Waals surface area (Å²) < 4.78 is 36.3. The third-order valence-corrected chi connectivity index (χ3v) is 1.08. The number of benzene rings is 1. The fourth-order valence-corrected chi connectivity index (χ4v) is 0.645. The van der Waals surface area contributed by atoms with Crippen LogP contribution in [0.25, 0.3) is 1.43 Å². The molecule has 0 saturated heterocycles. The highest BCUT2D eigenvalue weighted by molar-refractivity contribution is 5.67. The number of hydrogen-bond donors (Lipinski definition) is 1. The maximum Gasteiger partial charge on any atom is 0.303 e. The van der Waals surface area contributed by atoms with Crippen LogP contribution in [-0.4, -0.2) is 11.1 Å². The van der Waals surface area contributed by atoms with Gasteiger partial charge in [-0.1, -0.05) is 30.3 Å². The van der Waals surface area contributed by atoms with E-state index in [9.17, 15) is 4.79 Å². The van der Waals surface area contributed by atoms with Crippen LogP contribution in [-0.2, 0) is 11.2 Å². The normalized spacial score (nSPS) is 18.4. The Morgan fingerprint density at radius 1 is 1.55 bits per heavy atom. The fourth-order valence-electron chi connectivity index (χ4n) is 0.645. The van der Waals surface area contributed by atoms with Crippen molar-refractivity contribution in [2.45, 2.75) is 12.7 Å². The Kier molecular flexibility index (Phi) is 1.16. The summed E-state index contributed by atoms with van der Waals surface area (Å²) in [5.74, 6) is -1.55. The molecule has 1 aromatic carbocycles. The summed E-state index contributed by atoms with van der Waals surface area (Å²) in [4.78, 5) is 11.0. The number of aliphatic carboxylic acids is 1. The highest BCUT2D eigenvalue weighted by Gasteiger charge is 1.96. The minimum absolute atomic E-state index is 0.0189. The third kappa shape index (κ3) is 2.85. The molecule has 0 amide bonds. The molecule has 0 aliphatic rings.